The van der Waals surface area contributed by atoms with E-state index in [1.807, 2.05) is 0 Å². The molecule has 1 saturated heterocycles. The molecule has 176 valence electrons. The van der Waals surface area contributed by atoms with Crippen LogP contribution in [0.2, 0.25) is 5.02 Å². The molecule has 0 radical (unpaired) electrons. The van der Waals surface area contributed by atoms with E-state index in [9.17, 15) is 18.0 Å². The summed E-state index contributed by atoms with van der Waals surface area (Å²) in [6, 6.07) is 9.17. The van der Waals surface area contributed by atoms with Crippen molar-refractivity contribution in [1.29, 1.82) is 0 Å². The quantitative estimate of drug-likeness (QED) is 0.618. The maximum absolute atomic E-state index is 13.0. The van der Waals surface area contributed by atoms with E-state index in [1.54, 1.807) is 18.2 Å². The van der Waals surface area contributed by atoms with Gasteiger partial charge in [-0.2, -0.15) is 4.31 Å². The number of benzene rings is 2. The Kier molecular flexibility index (Phi) is 7.21. The first-order valence-corrected chi connectivity index (χ1v) is 12.7. The topological polar surface area (TPSA) is 102 Å². The van der Waals surface area contributed by atoms with Gasteiger partial charge in [0.15, 0.2) is 6.61 Å². The van der Waals surface area contributed by atoms with Gasteiger partial charge in [0.25, 0.3) is 5.91 Å². The first-order valence-electron chi connectivity index (χ1n) is 10.9. The molecule has 1 N–H and O–H groups in total. The normalized spacial score (nSPS) is 16.4. The average Bonchev–Trinajstić information content (AvgIpc) is 3.09. The molecule has 0 spiro atoms. The predicted octanol–water partition coefficient (Wildman–Crippen LogP) is 3.64. The van der Waals surface area contributed by atoms with Gasteiger partial charge in [-0.1, -0.05) is 24.4 Å². The lowest BCUT2D eigenvalue weighted by Crippen LogP contribution is -2.32. The zero-order valence-corrected chi connectivity index (χ0v) is 19.6. The first kappa shape index (κ1) is 23.5. The molecular weight excluding hydrogens is 468 g/mol. The van der Waals surface area contributed by atoms with Gasteiger partial charge in [0.05, 0.1) is 27.8 Å². The van der Waals surface area contributed by atoms with Crippen molar-refractivity contribution in [3.8, 4) is 5.75 Å². The summed E-state index contributed by atoms with van der Waals surface area (Å²) in [7, 11) is -3.70. The Labute approximate surface area is 197 Å². The summed E-state index contributed by atoms with van der Waals surface area (Å²) in [5.41, 5.74) is 1.39. The standard InChI is InChI=1S/C23H25ClN2O6S/c24-19-7-6-18(33(29,30)26-10-3-1-2-4-11-26)14-20(19)25-22(27)15-32-23(28)17-5-8-21-16(13-17)9-12-31-21/h5-8,13-14H,1-4,9-12,15H2,(H,25,27). The number of nitrogens with zero attached hydrogens (tertiary/aromatic N) is 1. The van der Waals surface area contributed by atoms with Crippen molar-refractivity contribution in [2.45, 2.75) is 37.0 Å². The number of halogens is 1. The fourth-order valence-electron chi connectivity index (χ4n) is 3.91. The number of carbonyl (C=O) groups excluding carboxylic acids is 2. The number of fused-ring (bicyclic) bond motifs is 1. The predicted molar refractivity (Wildman–Crippen MR) is 123 cm³/mol. The number of rotatable bonds is 6. The van der Waals surface area contributed by atoms with Crippen LogP contribution in [0.15, 0.2) is 41.3 Å². The lowest BCUT2D eigenvalue weighted by Gasteiger charge is -2.20. The van der Waals surface area contributed by atoms with Gasteiger partial charge >= 0.3 is 5.97 Å². The molecular formula is C23H25ClN2O6S. The molecule has 1 fully saturated rings. The van der Waals surface area contributed by atoms with Crippen LogP contribution in [0.4, 0.5) is 5.69 Å². The highest BCUT2D eigenvalue weighted by Crippen LogP contribution is 2.28. The Bertz CT molecular complexity index is 1160. The van der Waals surface area contributed by atoms with Gasteiger partial charge in [0.2, 0.25) is 10.0 Å². The molecule has 33 heavy (non-hydrogen) atoms. The van der Waals surface area contributed by atoms with Gasteiger partial charge in [0, 0.05) is 19.5 Å². The number of carbonyl (C=O) groups is 2. The van der Waals surface area contributed by atoms with Crippen LogP contribution in [-0.2, 0) is 26.0 Å². The Hall–Kier alpha value is -2.62. The molecule has 4 rings (SSSR count). The van der Waals surface area contributed by atoms with E-state index in [2.05, 4.69) is 5.32 Å². The van der Waals surface area contributed by atoms with Gasteiger partial charge < -0.3 is 14.8 Å². The van der Waals surface area contributed by atoms with Crippen LogP contribution in [-0.4, -0.2) is 50.9 Å². The molecule has 8 nitrogen and oxygen atoms in total. The fourth-order valence-corrected chi connectivity index (χ4v) is 5.61. The second kappa shape index (κ2) is 10.1. The van der Waals surface area contributed by atoms with E-state index in [4.69, 9.17) is 21.1 Å². The summed E-state index contributed by atoms with van der Waals surface area (Å²) in [5.74, 6) is -0.517. The number of amides is 1. The maximum atomic E-state index is 13.0. The van der Waals surface area contributed by atoms with Crippen LogP contribution in [0.1, 0.15) is 41.6 Å². The third kappa shape index (κ3) is 5.48. The van der Waals surface area contributed by atoms with Gasteiger partial charge in [-0.25, -0.2) is 13.2 Å². The summed E-state index contributed by atoms with van der Waals surface area (Å²) in [5, 5.41) is 2.72. The number of nitrogens with one attached hydrogen (secondary N) is 1. The molecule has 2 heterocycles. The van der Waals surface area contributed by atoms with Crippen LogP contribution in [0.5, 0.6) is 5.75 Å². The first-order chi connectivity index (χ1) is 15.8. The van der Waals surface area contributed by atoms with Crippen LogP contribution in [0, 0.1) is 0 Å². The van der Waals surface area contributed by atoms with E-state index in [0.717, 1.165) is 37.0 Å². The summed E-state index contributed by atoms with van der Waals surface area (Å²) in [6.07, 6.45) is 4.36. The molecule has 2 aromatic carbocycles. The Balaban J connectivity index is 1.40. The van der Waals surface area contributed by atoms with Crippen molar-refractivity contribution in [2.24, 2.45) is 0 Å². The summed E-state index contributed by atoms with van der Waals surface area (Å²) in [4.78, 5) is 24.7. The van der Waals surface area contributed by atoms with E-state index in [1.165, 1.54) is 22.5 Å². The van der Waals surface area contributed by atoms with E-state index >= 15 is 0 Å². The average molecular weight is 493 g/mol. The van der Waals surface area contributed by atoms with Gasteiger partial charge in [-0.3, -0.25) is 4.79 Å². The Morgan fingerprint density at radius 1 is 1.06 bits per heavy atom. The zero-order chi connectivity index (χ0) is 23.4. The Morgan fingerprint density at radius 2 is 1.82 bits per heavy atom. The molecule has 2 aliphatic rings. The minimum absolute atomic E-state index is 0.0569. The van der Waals surface area contributed by atoms with Crippen molar-refractivity contribution in [1.82, 2.24) is 4.31 Å². The van der Waals surface area contributed by atoms with Crippen molar-refractivity contribution in [3.05, 3.63) is 52.5 Å². The molecule has 10 heteroatoms. The largest absolute Gasteiger partial charge is 0.493 e. The fraction of sp³-hybridized carbons (Fsp3) is 0.391. The number of esters is 1. The molecule has 2 aromatic rings. The number of anilines is 1. The minimum atomic E-state index is -3.70. The molecule has 2 aliphatic heterocycles. The highest BCUT2D eigenvalue weighted by Gasteiger charge is 2.26. The van der Waals surface area contributed by atoms with Crippen molar-refractivity contribution in [2.75, 3.05) is 31.6 Å². The molecule has 0 unspecified atom stereocenters. The molecule has 0 aliphatic carbocycles. The van der Waals surface area contributed by atoms with Gasteiger partial charge in [-0.15, -0.1) is 0 Å². The second-order valence-corrected chi connectivity index (χ2v) is 10.4. The summed E-state index contributed by atoms with van der Waals surface area (Å²) in [6.45, 7) is 0.976. The number of sulfonamides is 1. The molecule has 0 atom stereocenters. The zero-order valence-electron chi connectivity index (χ0n) is 18.0. The lowest BCUT2D eigenvalue weighted by atomic mass is 10.1. The van der Waals surface area contributed by atoms with Crippen molar-refractivity contribution >= 4 is 39.2 Å². The van der Waals surface area contributed by atoms with Crippen molar-refractivity contribution in [3.63, 3.8) is 0 Å². The molecule has 0 bridgehead atoms. The SMILES string of the molecule is O=C(COC(=O)c1ccc2c(c1)CCO2)Nc1cc(S(=O)(=O)N2CCCCCC2)ccc1Cl. The number of ether oxygens (including phenoxy) is 2. The smallest absolute Gasteiger partial charge is 0.338 e. The summed E-state index contributed by atoms with van der Waals surface area (Å²) < 4.78 is 38.1. The maximum Gasteiger partial charge on any atom is 0.338 e. The second-order valence-electron chi connectivity index (χ2n) is 8.01. The molecule has 0 aromatic heterocycles. The monoisotopic (exact) mass is 492 g/mol. The van der Waals surface area contributed by atoms with E-state index < -0.39 is 28.5 Å². The highest BCUT2D eigenvalue weighted by atomic mass is 35.5. The van der Waals surface area contributed by atoms with Crippen molar-refractivity contribution < 1.29 is 27.5 Å². The van der Waals surface area contributed by atoms with Crippen LogP contribution >= 0.6 is 11.6 Å². The lowest BCUT2D eigenvalue weighted by molar-refractivity contribution is -0.119. The minimum Gasteiger partial charge on any atom is -0.493 e. The van der Waals surface area contributed by atoms with Crippen LogP contribution in [0.25, 0.3) is 0 Å². The van der Waals surface area contributed by atoms with Gasteiger partial charge in [0.1, 0.15) is 5.75 Å². The summed E-state index contributed by atoms with van der Waals surface area (Å²) >= 11 is 6.17. The molecule has 1 amide bonds. The van der Waals surface area contributed by atoms with Gasteiger partial charge in [-0.05, 0) is 54.8 Å². The Morgan fingerprint density at radius 3 is 2.58 bits per heavy atom. The van der Waals surface area contributed by atoms with E-state index in [-0.39, 0.29) is 15.6 Å². The van der Waals surface area contributed by atoms with Crippen LogP contribution in [0.3, 0.4) is 0 Å². The van der Waals surface area contributed by atoms with Crippen LogP contribution < -0.4 is 10.1 Å². The number of hydrogen-bond donors (Lipinski definition) is 1. The number of hydrogen-bond acceptors (Lipinski definition) is 6. The van der Waals surface area contributed by atoms with E-state index in [0.29, 0.717) is 31.7 Å². The molecule has 0 saturated carbocycles. The third-order valence-corrected chi connectivity index (χ3v) is 7.90. The highest BCUT2D eigenvalue weighted by molar-refractivity contribution is 7.89. The third-order valence-electron chi connectivity index (χ3n) is 5.67.